The first-order chi connectivity index (χ1) is 17.1. The van der Waals surface area contributed by atoms with Crippen LogP contribution in [0.4, 0.5) is 0 Å². The number of nitrogens with zero attached hydrogens (tertiary/aromatic N) is 1. The molecular weight excluding hydrogens is 629 g/mol. The molecule has 8 heteroatoms. The maximum atomic E-state index is 13.3. The van der Waals surface area contributed by atoms with E-state index < -0.39 is 21.8 Å². The van der Waals surface area contributed by atoms with Crippen LogP contribution in [0, 0.1) is 28.6 Å². The lowest BCUT2D eigenvalue weighted by Crippen LogP contribution is -2.27. The van der Waals surface area contributed by atoms with Gasteiger partial charge < -0.3 is 9.47 Å². The third kappa shape index (κ3) is 5.60. The van der Waals surface area contributed by atoms with Gasteiger partial charge in [0.2, 0.25) is 6.10 Å². The number of hydrogen-bond acceptors (Lipinski definition) is 4. The number of alkyl halides is 3. The molecule has 1 aliphatic carbocycles. The zero-order chi connectivity index (χ0) is 26.1. The Labute approximate surface area is 237 Å². The van der Waals surface area contributed by atoms with E-state index in [-0.39, 0.29) is 16.2 Å². The Kier molecular flexibility index (Phi) is 8.07. The third-order valence-electron chi connectivity index (χ3n) is 6.55. The molecule has 0 unspecified atom stereocenters. The van der Waals surface area contributed by atoms with E-state index in [9.17, 15) is 10.1 Å². The number of ether oxygens (including phenoxy) is 2. The van der Waals surface area contributed by atoms with Crippen molar-refractivity contribution < 1.29 is 14.3 Å². The highest BCUT2D eigenvalue weighted by Gasteiger charge is 2.68. The van der Waals surface area contributed by atoms with Gasteiger partial charge >= 0.3 is 5.97 Å². The molecule has 0 aromatic heterocycles. The minimum absolute atomic E-state index is 0.135. The van der Waals surface area contributed by atoms with Crippen molar-refractivity contribution >= 4 is 61.0 Å². The molecule has 1 fully saturated rings. The van der Waals surface area contributed by atoms with Crippen LogP contribution in [0.3, 0.4) is 0 Å². The molecule has 0 N–H and O–H groups in total. The molecule has 0 radical (unpaired) electrons. The number of halogens is 4. The van der Waals surface area contributed by atoms with Crippen LogP contribution in [-0.4, -0.2) is 10.8 Å². The van der Waals surface area contributed by atoms with Crippen molar-refractivity contribution in [3.63, 3.8) is 0 Å². The maximum Gasteiger partial charge on any atom is 0.311 e. The van der Waals surface area contributed by atoms with Crippen LogP contribution in [0.25, 0.3) is 0 Å². The van der Waals surface area contributed by atoms with E-state index in [0.717, 1.165) is 5.56 Å². The highest BCUT2D eigenvalue weighted by atomic mass is 79.9. The van der Waals surface area contributed by atoms with Crippen LogP contribution in [0.1, 0.15) is 31.1 Å². The lowest BCUT2D eigenvalue weighted by atomic mass is 10.0. The van der Waals surface area contributed by atoms with E-state index in [1.165, 1.54) is 0 Å². The second-order valence-corrected chi connectivity index (χ2v) is 13.0. The van der Waals surface area contributed by atoms with E-state index in [1.54, 1.807) is 36.4 Å². The van der Waals surface area contributed by atoms with Crippen molar-refractivity contribution in [2.45, 2.75) is 28.6 Å². The van der Waals surface area contributed by atoms with Crippen molar-refractivity contribution in [1.82, 2.24) is 0 Å². The number of carbonyl (C=O) groups is 1. The average molecular weight is 652 g/mol. The SMILES string of the molecule is CC1(C)[C@@H]([C@H](Br)[C@](Cl)(Br)c2ccc(Cl)cc2)[C@@H]1C(=O)O[C@@H](C#N)c1cccc(Oc2ccccc2)c1. The standard InChI is InChI=1S/C28H23Br2Cl2NO3/c1-27(2)23(25(29)28(30,32)18-11-13-19(31)14-12-18)24(27)26(34)36-22(16-33)17-7-6-10-21(15-17)35-20-8-4-3-5-9-20/h3-15,22-25H,1-2H3/t22-,23+,24+,25-,28-/m0/s1. The van der Waals surface area contributed by atoms with Gasteiger partial charge in [-0.3, -0.25) is 4.79 Å². The van der Waals surface area contributed by atoms with Gasteiger partial charge in [0.1, 0.15) is 21.4 Å². The number of esters is 1. The fourth-order valence-electron chi connectivity index (χ4n) is 4.45. The Bertz CT molecular complexity index is 1280. The van der Waals surface area contributed by atoms with Crippen LogP contribution < -0.4 is 4.74 Å². The van der Waals surface area contributed by atoms with E-state index >= 15 is 0 Å². The number of rotatable bonds is 8. The first kappa shape index (κ1) is 27.0. The summed E-state index contributed by atoms with van der Waals surface area (Å²) in [5.41, 5.74) is 0.970. The Morgan fingerprint density at radius 3 is 2.33 bits per heavy atom. The van der Waals surface area contributed by atoms with E-state index in [4.69, 9.17) is 32.7 Å². The highest BCUT2D eigenvalue weighted by molar-refractivity contribution is 9.12. The molecule has 1 saturated carbocycles. The van der Waals surface area contributed by atoms with Crippen molar-refractivity contribution in [2.75, 3.05) is 0 Å². The zero-order valence-electron chi connectivity index (χ0n) is 19.5. The lowest BCUT2D eigenvalue weighted by Gasteiger charge is -2.28. The fraction of sp³-hybridized carbons (Fsp3) is 0.286. The van der Waals surface area contributed by atoms with Gasteiger partial charge in [-0.25, -0.2) is 0 Å². The quantitative estimate of drug-likeness (QED) is 0.181. The Hall–Kier alpha value is -2.04. The molecule has 4 nitrogen and oxygen atoms in total. The number of nitriles is 1. The topological polar surface area (TPSA) is 59.3 Å². The molecule has 36 heavy (non-hydrogen) atoms. The molecule has 5 atom stereocenters. The molecule has 0 aliphatic heterocycles. The molecule has 3 aromatic carbocycles. The summed E-state index contributed by atoms with van der Waals surface area (Å²) in [6, 6.07) is 25.7. The fourth-order valence-corrected chi connectivity index (χ4v) is 6.64. The van der Waals surface area contributed by atoms with Crippen molar-refractivity contribution in [3.05, 3.63) is 95.0 Å². The van der Waals surface area contributed by atoms with E-state index in [1.807, 2.05) is 56.3 Å². The molecule has 186 valence electrons. The van der Waals surface area contributed by atoms with Crippen LogP contribution in [-0.2, 0) is 13.3 Å². The van der Waals surface area contributed by atoms with E-state index in [2.05, 4.69) is 37.9 Å². The Morgan fingerprint density at radius 1 is 1.06 bits per heavy atom. The minimum atomic E-state index is -1.07. The number of hydrogen-bond donors (Lipinski definition) is 0. The minimum Gasteiger partial charge on any atom is -0.457 e. The largest absolute Gasteiger partial charge is 0.457 e. The summed E-state index contributed by atoms with van der Waals surface area (Å²) in [6.45, 7) is 3.99. The highest BCUT2D eigenvalue weighted by Crippen LogP contribution is 2.66. The summed E-state index contributed by atoms with van der Waals surface area (Å²) in [6.07, 6.45) is -1.07. The summed E-state index contributed by atoms with van der Waals surface area (Å²) in [5.74, 6) is 0.209. The lowest BCUT2D eigenvalue weighted by molar-refractivity contribution is -0.149. The monoisotopic (exact) mass is 649 g/mol. The maximum absolute atomic E-state index is 13.3. The summed E-state index contributed by atoms with van der Waals surface area (Å²) in [5, 5.41) is 10.4. The van der Waals surface area contributed by atoms with Gasteiger partial charge in [-0.1, -0.05) is 99.8 Å². The molecule has 0 heterocycles. The molecule has 4 rings (SSSR count). The Balaban J connectivity index is 1.48. The van der Waals surface area contributed by atoms with Gasteiger partial charge in [-0.15, -0.1) is 11.6 Å². The van der Waals surface area contributed by atoms with Gasteiger partial charge in [0, 0.05) is 10.6 Å². The summed E-state index contributed by atoms with van der Waals surface area (Å²) in [7, 11) is 0. The second kappa shape index (κ2) is 10.8. The van der Waals surface area contributed by atoms with Crippen molar-refractivity contribution in [1.29, 1.82) is 5.26 Å². The molecule has 0 spiro atoms. The van der Waals surface area contributed by atoms with Gasteiger partial charge in [0.25, 0.3) is 0 Å². The molecule has 1 aliphatic rings. The molecular formula is C28H23Br2Cl2NO3. The molecule has 0 bridgehead atoms. The number of benzene rings is 3. The van der Waals surface area contributed by atoms with Crippen molar-refractivity contribution in [2.24, 2.45) is 17.3 Å². The van der Waals surface area contributed by atoms with Gasteiger partial charge in [-0.05, 0) is 53.3 Å². The smallest absolute Gasteiger partial charge is 0.311 e. The second-order valence-electron chi connectivity index (χ2n) is 9.29. The van der Waals surface area contributed by atoms with Crippen LogP contribution in [0.15, 0.2) is 78.9 Å². The average Bonchev–Trinajstić information content (AvgIpc) is 3.44. The summed E-state index contributed by atoms with van der Waals surface area (Å²) in [4.78, 5) is 13.0. The first-order valence-corrected chi connectivity index (χ1v) is 13.7. The molecule has 0 saturated heterocycles. The van der Waals surface area contributed by atoms with Gasteiger partial charge in [0.05, 0.1) is 10.7 Å². The molecule has 0 amide bonds. The van der Waals surface area contributed by atoms with Crippen LogP contribution >= 0.6 is 55.1 Å². The summed E-state index contributed by atoms with van der Waals surface area (Å²) >= 11 is 20.3. The van der Waals surface area contributed by atoms with Crippen LogP contribution in [0.2, 0.25) is 5.02 Å². The Morgan fingerprint density at radius 2 is 1.69 bits per heavy atom. The van der Waals surface area contributed by atoms with E-state index in [0.29, 0.717) is 22.1 Å². The number of carbonyl (C=O) groups excluding carboxylic acids is 1. The number of para-hydroxylation sites is 1. The van der Waals surface area contributed by atoms with Gasteiger partial charge in [0.15, 0.2) is 0 Å². The third-order valence-corrected chi connectivity index (χ3v) is 10.3. The first-order valence-electron chi connectivity index (χ1n) is 11.3. The molecule has 3 aromatic rings. The zero-order valence-corrected chi connectivity index (χ0v) is 24.2. The van der Waals surface area contributed by atoms with Crippen molar-refractivity contribution in [3.8, 4) is 17.6 Å². The normalized spacial score (nSPS) is 21.4. The van der Waals surface area contributed by atoms with Crippen LogP contribution in [0.5, 0.6) is 11.5 Å². The predicted octanol–water partition coefficient (Wildman–Crippen LogP) is 8.76. The van der Waals surface area contributed by atoms with Gasteiger partial charge in [-0.2, -0.15) is 5.26 Å². The predicted molar refractivity (Wildman–Crippen MR) is 149 cm³/mol. The summed E-state index contributed by atoms with van der Waals surface area (Å²) < 4.78 is 10.6.